The molecule has 0 aromatic heterocycles. The molecule has 3 rings (SSSR count). The minimum absolute atomic E-state index is 0.457. The smallest absolute Gasteiger partial charge is 0.267 e. The Morgan fingerprint density at radius 1 is 1.41 bits per heavy atom. The van der Waals surface area contributed by atoms with Crippen molar-refractivity contribution in [3.05, 3.63) is 35.9 Å². The van der Waals surface area contributed by atoms with Gasteiger partial charge >= 0.3 is 0 Å². The van der Waals surface area contributed by atoms with Crippen molar-refractivity contribution in [1.82, 2.24) is 5.32 Å². The van der Waals surface area contributed by atoms with Crippen molar-refractivity contribution < 1.29 is 19.4 Å². The van der Waals surface area contributed by atoms with Gasteiger partial charge in [-0.15, -0.1) is 0 Å². The van der Waals surface area contributed by atoms with Crippen LogP contribution in [0.15, 0.2) is 30.3 Å². The molecule has 6 heteroatoms. The molecule has 0 aliphatic carbocycles. The Bertz CT molecular complexity index is 517. The van der Waals surface area contributed by atoms with Crippen molar-refractivity contribution in [2.24, 2.45) is 5.73 Å². The van der Waals surface area contributed by atoms with Gasteiger partial charge < -0.3 is 20.9 Å². The van der Waals surface area contributed by atoms with Gasteiger partial charge in [0.05, 0.1) is 0 Å². The molecule has 2 fully saturated rings. The van der Waals surface area contributed by atoms with E-state index in [1.165, 1.54) is 0 Å². The number of fused-ring (bicyclic) bond motifs is 1. The number of amides is 2. The quantitative estimate of drug-likeness (QED) is 0.431. The van der Waals surface area contributed by atoms with Crippen LogP contribution in [0.5, 0.6) is 0 Å². The molecule has 1 aromatic rings. The summed E-state index contributed by atoms with van der Waals surface area (Å²) in [7, 11) is 0. The van der Waals surface area contributed by atoms with Crippen LogP contribution >= 0.6 is 0 Å². The SMILES string of the molecule is NC(=O)C12OC1C(O)(c1ccccc1)NC2=O. The molecule has 17 heavy (non-hydrogen) atoms. The number of carbonyl (C=O) groups excluding carboxylic acids is 2. The van der Waals surface area contributed by atoms with Crippen molar-refractivity contribution in [2.75, 3.05) is 0 Å². The third-order valence-corrected chi connectivity index (χ3v) is 3.22. The lowest BCUT2D eigenvalue weighted by Gasteiger charge is -2.23. The molecule has 88 valence electrons. The number of rotatable bonds is 2. The second-order valence-electron chi connectivity index (χ2n) is 4.18. The summed E-state index contributed by atoms with van der Waals surface area (Å²) in [5.41, 5.74) is 2.19. The summed E-state index contributed by atoms with van der Waals surface area (Å²) >= 11 is 0. The zero-order valence-corrected chi connectivity index (χ0v) is 8.71. The molecule has 4 N–H and O–H groups in total. The Morgan fingerprint density at radius 2 is 2.06 bits per heavy atom. The zero-order chi connectivity index (χ0) is 12.3. The third kappa shape index (κ3) is 1.06. The van der Waals surface area contributed by atoms with Crippen LogP contribution in [0, 0.1) is 0 Å². The summed E-state index contributed by atoms with van der Waals surface area (Å²) < 4.78 is 5.05. The maximum atomic E-state index is 11.7. The standard InChI is InChI=1S/C11H10N2O4/c12-8(14)10-7(17-10)11(16,13-9(10)15)6-4-2-1-3-5-6/h1-5,7,16H,(H2,12,14)(H,13,15). The first-order chi connectivity index (χ1) is 8.02. The van der Waals surface area contributed by atoms with Crippen LogP contribution in [0.4, 0.5) is 0 Å². The van der Waals surface area contributed by atoms with Gasteiger partial charge in [0.25, 0.3) is 17.4 Å². The van der Waals surface area contributed by atoms with Gasteiger partial charge in [-0.1, -0.05) is 30.3 Å². The van der Waals surface area contributed by atoms with Crippen LogP contribution in [0.2, 0.25) is 0 Å². The van der Waals surface area contributed by atoms with Gasteiger partial charge in [-0.3, -0.25) is 9.59 Å². The highest BCUT2D eigenvalue weighted by Gasteiger charge is 2.81. The first kappa shape index (κ1) is 10.2. The van der Waals surface area contributed by atoms with E-state index in [-0.39, 0.29) is 0 Å². The largest absolute Gasteiger partial charge is 0.367 e. The van der Waals surface area contributed by atoms with Gasteiger partial charge in [-0.05, 0) is 0 Å². The van der Waals surface area contributed by atoms with E-state index in [1.54, 1.807) is 30.3 Å². The molecule has 2 amide bonds. The normalized spacial score (nSPS) is 38.4. The molecule has 0 spiro atoms. The average molecular weight is 234 g/mol. The number of primary amides is 1. The molecular formula is C11H10N2O4. The molecule has 2 aliphatic heterocycles. The van der Waals surface area contributed by atoms with Crippen molar-refractivity contribution >= 4 is 11.8 Å². The summed E-state index contributed by atoms with van der Waals surface area (Å²) in [6.45, 7) is 0. The lowest BCUT2D eigenvalue weighted by atomic mass is 9.96. The van der Waals surface area contributed by atoms with Crippen LogP contribution in [-0.4, -0.2) is 28.6 Å². The zero-order valence-electron chi connectivity index (χ0n) is 8.71. The van der Waals surface area contributed by atoms with Crippen LogP contribution in [0.3, 0.4) is 0 Å². The van der Waals surface area contributed by atoms with Crippen LogP contribution in [0.25, 0.3) is 0 Å². The van der Waals surface area contributed by atoms with Crippen molar-refractivity contribution in [3.63, 3.8) is 0 Å². The van der Waals surface area contributed by atoms with Gasteiger partial charge in [0.1, 0.15) is 0 Å². The molecule has 2 heterocycles. The fourth-order valence-electron chi connectivity index (χ4n) is 2.25. The molecule has 6 nitrogen and oxygen atoms in total. The molecule has 2 saturated heterocycles. The second-order valence-corrected chi connectivity index (χ2v) is 4.18. The minimum atomic E-state index is -1.70. The van der Waals surface area contributed by atoms with E-state index in [1.807, 2.05) is 0 Å². The van der Waals surface area contributed by atoms with Crippen LogP contribution < -0.4 is 11.1 Å². The van der Waals surface area contributed by atoms with E-state index < -0.39 is 29.2 Å². The van der Waals surface area contributed by atoms with E-state index >= 15 is 0 Å². The Labute approximate surface area is 96.4 Å². The van der Waals surface area contributed by atoms with Gasteiger partial charge in [0.2, 0.25) is 0 Å². The van der Waals surface area contributed by atoms with E-state index in [0.717, 1.165) is 0 Å². The van der Waals surface area contributed by atoms with E-state index in [2.05, 4.69) is 5.32 Å². The van der Waals surface area contributed by atoms with E-state index in [0.29, 0.717) is 5.56 Å². The number of aliphatic hydroxyl groups is 1. The number of epoxide rings is 1. The monoisotopic (exact) mass is 234 g/mol. The third-order valence-electron chi connectivity index (χ3n) is 3.22. The molecule has 0 radical (unpaired) electrons. The van der Waals surface area contributed by atoms with Gasteiger partial charge in [-0.2, -0.15) is 0 Å². The second kappa shape index (κ2) is 2.85. The number of nitrogens with two attached hydrogens (primary N) is 1. The topological polar surface area (TPSA) is 105 Å². The molecule has 0 bridgehead atoms. The van der Waals surface area contributed by atoms with Crippen LogP contribution in [0.1, 0.15) is 5.56 Å². The highest BCUT2D eigenvalue weighted by atomic mass is 16.6. The van der Waals surface area contributed by atoms with Crippen LogP contribution in [-0.2, 0) is 20.1 Å². The summed E-state index contributed by atoms with van der Waals surface area (Å²) in [6, 6.07) is 8.48. The first-order valence-corrected chi connectivity index (χ1v) is 5.10. The molecule has 1 aromatic carbocycles. The van der Waals surface area contributed by atoms with E-state index in [9.17, 15) is 14.7 Å². The molecular weight excluding hydrogens is 224 g/mol. The van der Waals surface area contributed by atoms with Crippen molar-refractivity contribution in [1.29, 1.82) is 0 Å². The number of nitrogens with one attached hydrogen (secondary N) is 1. The molecule has 2 aliphatic rings. The highest BCUT2D eigenvalue weighted by Crippen LogP contribution is 2.51. The van der Waals surface area contributed by atoms with Gasteiger partial charge in [-0.25, -0.2) is 0 Å². The van der Waals surface area contributed by atoms with Crippen molar-refractivity contribution in [3.8, 4) is 0 Å². The Balaban J connectivity index is 2.04. The number of ether oxygens (including phenoxy) is 1. The number of morpholine rings is 1. The maximum Gasteiger partial charge on any atom is 0.267 e. The lowest BCUT2D eigenvalue weighted by Crippen LogP contribution is -2.46. The number of hydrogen-bond acceptors (Lipinski definition) is 4. The fraction of sp³-hybridized carbons (Fsp3) is 0.273. The first-order valence-electron chi connectivity index (χ1n) is 5.10. The number of carbonyl (C=O) groups is 2. The fourth-order valence-corrected chi connectivity index (χ4v) is 2.25. The van der Waals surface area contributed by atoms with Gasteiger partial charge in [0, 0.05) is 5.56 Å². The number of benzene rings is 1. The maximum absolute atomic E-state index is 11.7. The summed E-state index contributed by atoms with van der Waals surface area (Å²) in [6.07, 6.45) is -0.956. The van der Waals surface area contributed by atoms with Crippen molar-refractivity contribution in [2.45, 2.75) is 17.4 Å². The minimum Gasteiger partial charge on any atom is -0.367 e. The lowest BCUT2D eigenvalue weighted by molar-refractivity contribution is -0.139. The summed E-state index contributed by atoms with van der Waals surface area (Å²) in [5, 5.41) is 12.8. The van der Waals surface area contributed by atoms with E-state index in [4.69, 9.17) is 10.5 Å². The molecule has 3 atom stereocenters. The predicted octanol–water partition coefficient (Wildman–Crippen LogP) is -1.42. The predicted molar refractivity (Wildman–Crippen MR) is 55.3 cm³/mol. The number of hydrogen-bond donors (Lipinski definition) is 3. The highest BCUT2D eigenvalue weighted by molar-refractivity contribution is 6.14. The Hall–Kier alpha value is -1.92. The Morgan fingerprint density at radius 3 is 2.53 bits per heavy atom. The Kier molecular flexibility index (Phi) is 1.72. The average Bonchev–Trinajstić information content (AvgIpc) is 3.02. The van der Waals surface area contributed by atoms with Gasteiger partial charge in [0.15, 0.2) is 11.8 Å². The summed E-state index contributed by atoms with van der Waals surface area (Å²) in [5.74, 6) is -1.58. The molecule has 0 saturated carbocycles. The summed E-state index contributed by atoms with van der Waals surface area (Å²) in [4.78, 5) is 22.9. The molecule has 3 unspecified atom stereocenters.